The number of aliphatic hydroxyl groups is 1. The summed E-state index contributed by atoms with van der Waals surface area (Å²) in [5, 5.41) is 11.9. The second-order valence-corrected chi connectivity index (χ2v) is 4.17. The fourth-order valence-corrected chi connectivity index (χ4v) is 1.91. The molecule has 0 saturated carbocycles. The number of rotatable bonds is 5. The van der Waals surface area contributed by atoms with Crippen molar-refractivity contribution in [1.29, 1.82) is 0 Å². The van der Waals surface area contributed by atoms with Crippen LogP contribution in [0, 0.1) is 0 Å². The number of nitrogens with zero attached hydrogens (tertiary/aromatic N) is 2. The van der Waals surface area contributed by atoms with Crippen LogP contribution in [0.25, 0.3) is 0 Å². The standard InChI is InChI=1S/C11H21N3O3.ClH/c1-3-14(6-7-15)10(16)8-9-11(17)13(2)5-4-12-9;/h9,12,15H,3-8H2,1-2H3;1H. The lowest BCUT2D eigenvalue weighted by Crippen LogP contribution is -2.55. The number of carbonyl (C=O) groups excluding carboxylic acids is 2. The summed E-state index contributed by atoms with van der Waals surface area (Å²) in [5.74, 6) is -0.132. The maximum absolute atomic E-state index is 11.9. The maximum Gasteiger partial charge on any atom is 0.240 e. The average molecular weight is 280 g/mol. The van der Waals surface area contributed by atoms with E-state index in [0.717, 1.165) is 0 Å². The highest BCUT2D eigenvalue weighted by molar-refractivity contribution is 5.88. The summed E-state index contributed by atoms with van der Waals surface area (Å²) < 4.78 is 0. The smallest absolute Gasteiger partial charge is 0.240 e. The molecule has 1 aliphatic rings. The second-order valence-electron chi connectivity index (χ2n) is 4.17. The number of aliphatic hydroxyl groups excluding tert-OH is 1. The molecule has 2 N–H and O–H groups in total. The Labute approximate surface area is 114 Å². The van der Waals surface area contributed by atoms with Gasteiger partial charge in [-0.3, -0.25) is 9.59 Å². The van der Waals surface area contributed by atoms with Crippen LogP contribution in [0.1, 0.15) is 13.3 Å². The normalized spacial score (nSPS) is 19.4. The Hall–Kier alpha value is -0.850. The zero-order chi connectivity index (χ0) is 12.8. The molecule has 1 aliphatic heterocycles. The first kappa shape index (κ1) is 17.2. The number of nitrogens with one attached hydrogen (secondary N) is 1. The van der Waals surface area contributed by atoms with E-state index in [1.165, 1.54) is 0 Å². The molecular weight excluding hydrogens is 258 g/mol. The number of halogens is 1. The van der Waals surface area contributed by atoms with Crippen molar-refractivity contribution >= 4 is 24.2 Å². The predicted octanol–water partition coefficient (Wildman–Crippen LogP) is -0.931. The van der Waals surface area contributed by atoms with Crippen LogP contribution in [0.5, 0.6) is 0 Å². The van der Waals surface area contributed by atoms with E-state index in [0.29, 0.717) is 26.2 Å². The highest BCUT2D eigenvalue weighted by Crippen LogP contribution is 2.05. The van der Waals surface area contributed by atoms with Crippen LogP contribution in [-0.4, -0.2) is 72.6 Å². The highest BCUT2D eigenvalue weighted by atomic mass is 35.5. The summed E-state index contributed by atoms with van der Waals surface area (Å²) in [6.45, 7) is 4.08. The van der Waals surface area contributed by atoms with Gasteiger partial charge in [0.05, 0.1) is 19.1 Å². The summed E-state index contributed by atoms with van der Waals surface area (Å²) in [5.41, 5.74) is 0. The van der Waals surface area contributed by atoms with Gasteiger partial charge >= 0.3 is 0 Å². The van der Waals surface area contributed by atoms with E-state index < -0.39 is 6.04 Å². The second kappa shape index (κ2) is 8.29. The van der Waals surface area contributed by atoms with Gasteiger partial charge in [-0.1, -0.05) is 0 Å². The molecule has 0 aromatic heterocycles. The van der Waals surface area contributed by atoms with Crippen LogP contribution in [0.2, 0.25) is 0 Å². The molecule has 0 aromatic carbocycles. The Kier molecular flexibility index (Phi) is 7.90. The Balaban J connectivity index is 0.00000289. The first-order valence-corrected chi connectivity index (χ1v) is 5.97. The molecule has 0 spiro atoms. The van der Waals surface area contributed by atoms with Crippen molar-refractivity contribution in [1.82, 2.24) is 15.1 Å². The molecule has 106 valence electrons. The summed E-state index contributed by atoms with van der Waals surface area (Å²) in [6.07, 6.45) is 0.164. The monoisotopic (exact) mass is 279 g/mol. The first-order chi connectivity index (χ1) is 8.10. The first-order valence-electron chi connectivity index (χ1n) is 5.97. The van der Waals surface area contributed by atoms with Gasteiger partial charge < -0.3 is 20.2 Å². The molecule has 1 heterocycles. The molecule has 0 bridgehead atoms. The van der Waals surface area contributed by atoms with Gasteiger partial charge in [-0.05, 0) is 6.92 Å². The molecule has 18 heavy (non-hydrogen) atoms. The van der Waals surface area contributed by atoms with Gasteiger partial charge in [-0.25, -0.2) is 0 Å². The third-order valence-electron chi connectivity index (χ3n) is 3.00. The lowest BCUT2D eigenvalue weighted by atomic mass is 10.1. The lowest BCUT2D eigenvalue weighted by molar-refractivity contribution is -0.140. The Morgan fingerprint density at radius 3 is 2.83 bits per heavy atom. The highest BCUT2D eigenvalue weighted by Gasteiger charge is 2.29. The van der Waals surface area contributed by atoms with E-state index in [4.69, 9.17) is 5.11 Å². The van der Waals surface area contributed by atoms with Crippen molar-refractivity contribution in [2.75, 3.05) is 39.8 Å². The van der Waals surface area contributed by atoms with Crippen LogP contribution in [0.4, 0.5) is 0 Å². The van der Waals surface area contributed by atoms with Crippen LogP contribution in [0.15, 0.2) is 0 Å². The fourth-order valence-electron chi connectivity index (χ4n) is 1.91. The SMILES string of the molecule is CCN(CCO)C(=O)CC1NCCN(C)C1=O.Cl. The molecule has 0 radical (unpaired) electrons. The largest absolute Gasteiger partial charge is 0.395 e. The number of hydrogen-bond donors (Lipinski definition) is 2. The summed E-state index contributed by atoms with van der Waals surface area (Å²) >= 11 is 0. The minimum Gasteiger partial charge on any atom is -0.395 e. The van der Waals surface area contributed by atoms with Gasteiger partial charge in [-0.2, -0.15) is 0 Å². The molecular formula is C11H22ClN3O3. The van der Waals surface area contributed by atoms with Gasteiger partial charge in [0.1, 0.15) is 0 Å². The molecule has 0 aliphatic carbocycles. The van der Waals surface area contributed by atoms with E-state index in [-0.39, 0.29) is 37.2 Å². The minimum absolute atomic E-state index is 0. The summed E-state index contributed by atoms with van der Waals surface area (Å²) in [7, 11) is 1.74. The minimum atomic E-state index is -0.422. The van der Waals surface area contributed by atoms with Crippen molar-refractivity contribution in [3.05, 3.63) is 0 Å². The van der Waals surface area contributed by atoms with E-state index in [2.05, 4.69) is 5.32 Å². The van der Waals surface area contributed by atoms with Gasteiger partial charge in [0.15, 0.2) is 0 Å². The van der Waals surface area contributed by atoms with Crippen molar-refractivity contribution in [2.24, 2.45) is 0 Å². The number of hydrogen-bond acceptors (Lipinski definition) is 4. The number of piperazine rings is 1. The number of likely N-dealkylation sites (N-methyl/N-ethyl adjacent to an activating group) is 2. The van der Waals surface area contributed by atoms with E-state index in [9.17, 15) is 9.59 Å². The topological polar surface area (TPSA) is 72.9 Å². The number of amides is 2. The molecule has 7 heteroatoms. The summed E-state index contributed by atoms with van der Waals surface area (Å²) in [4.78, 5) is 26.9. The van der Waals surface area contributed by atoms with E-state index in [1.807, 2.05) is 6.92 Å². The molecule has 1 fully saturated rings. The number of carbonyl (C=O) groups is 2. The van der Waals surface area contributed by atoms with Crippen LogP contribution < -0.4 is 5.32 Å². The van der Waals surface area contributed by atoms with Crippen molar-refractivity contribution in [2.45, 2.75) is 19.4 Å². The summed E-state index contributed by atoms with van der Waals surface area (Å²) in [6, 6.07) is -0.422. The van der Waals surface area contributed by atoms with Crippen LogP contribution in [-0.2, 0) is 9.59 Å². The van der Waals surface area contributed by atoms with E-state index >= 15 is 0 Å². The molecule has 1 rings (SSSR count). The van der Waals surface area contributed by atoms with Crippen molar-refractivity contribution < 1.29 is 14.7 Å². The van der Waals surface area contributed by atoms with Crippen LogP contribution in [0.3, 0.4) is 0 Å². The molecule has 0 aromatic rings. The Morgan fingerprint density at radius 1 is 1.61 bits per heavy atom. The fraction of sp³-hybridized carbons (Fsp3) is 0.818. The van der Waals surface area contributed by atoms with Crippen molar-refractivity contribution in [3.8, 4) is 0 Å². The Morgan fingerprint density at radius 2 is 2.28 bits per heavy atom. The molecule has 1 saturated heterocycles. The predicted molar refractivity (Wildman–Crippen MR) is 70.6 cm³/mol. The molecule has 1 atom stereocenters. The van der Waals surface area contributed by atoms with Gasteiger partial charge in [0, 0.05) is 33.2 Å². The third kappa shape index (κ3) is 4.44. The zero-order valence-electron chi connectivity index (χ0n) is 10.9. The third-order valence-corrected chi connectivity index (χ3v) is 3.00. The average Bonchev–Trinajstić information content (AvgIpc) is 2.31. The van der Waals surface area contributed by atoms with Gasteiger partial charge in [0.2, 0.25) is 11.8 Å². The van der Waals surface area contributed by atoms with E-state index in [1.54, 1.807) is 16.8 Å². The molecule has 1 unspecified atom stereocenters. The molecule has 2 amide bonds. The lowest BCUT2D eigenvalue weighted by Gasteiger charge is -2.31. The van der Waals surface area contributed by atoms with Gasteiger partial charge in [0.25, 0.3) is 0 Å². The Bertz CT molecular complexity index is 289. The molecule has 6 nitrogen and oxygen atoms in total. The van der Waals surface area contributed by atoms with Gasteiger partial charge in [-0.15, -0.1) is 12.4 Å². The zero-order valence-corrected chi connectivity index (χ0v) is 11.7. The quantitative estimate of drug-likeness (QED) is 0.682. The maximum atomic E-state index is 11.9. The van der Waals surface area contributed by atoms with Crippen LogP contribution >= 0.6 is 12.4 Å². The van der Waals surface area contributed by atoms with Crippen molar-refractivity contribution in [3.63, 3.8) is 0 Å².